The van der Waals surface area contributed by atoms with Crippen molar-refractivity contribution in [3.05, 3.63) is 23.8 Å². The number of nitrogens with zero attached hydrogens (tertiary/aromatic N) is 1. The lowest BCUT2D eigenvalue weighted by Gasteiger charge is -2.33. The van der Waals surface area contributed by atoms with Gasteiger partial charge in [0, 0.05) is 30.9 Å². The number of rotatable bonds is 5. The second-order valence-electron chi connectivity index (χ2n) is 5.36. The normalized spacial score (nSPS) is 17.1. The van der Waals surface area contributed by atoms with Gasteiger partial charge in [0.25, 0.3) is 0 Å². The Kier molecular flexibility index (Phi) is 4.12. The van der Waals surface area contributed by atoms with Gasteiger partial charge in [0.2, 0.25) is 0 Å². The van der Waals surface area contributed by atoms with Gasteiger partial charge < -0.3 is 15.4 Å². The maximum Gasteiger partial charge on any atom is 0.125 e. The molecule has 3 heteroatoms. The lowest BCUT2D eigenvalue weighted by atomic mass is 9.85. The number of methoxy groups -OCH3 is 1. The predicted octanol–water partition coefficient (Wildman–Crippen LogP) is 2.95. The summed E-state index contributed by atoms with van der Waals surface area (Å²) in [5.41, 5.74) is 8.42. The van der Waals surface area contributed by atoms with Crippen LogP contribution in [0.2, 0.25) is 0 Å². The molecular formula is C15H24N2O. The molecule has 100 valence electrons. The van der Waals surface area contributed by atoms with Crippen LogP contribution < -0.4 is 15.4 Å². The van der Waals surface area contributed by atoms with Gasteiger partial charge in [-0.25, -0.2) is 0 Å². The predicted molar refractivity (Wildman–Crippen MR) is 76.2 cm³/mol. The third-order valence-corrected chi connectivity index (χ3v) is 3.89. The zero-order valence-electron chi connectivity index (χ0n) is 11.6. The first kappa shape index (κ1) is 13.2. The van der Waals surface area contributed by atoms with Crippen LogP contribution in [0.3, 0.4) is 0 Å². The Morgan fingerprint density at radius 1 is 1.44 bits per heavy atom. The van der Waals surface area contributed by atoms with Gasteiger partial charge in [-0.05, 0) is 37.8 Å². The summed E-state index contributed by atoms with van der Waals surface area (Å²) in [7, 11) is 3.86. The van der Waals surface area contributed by atoms with Gasteiger partial charge >= 0.3 is 0 Å². The number of nitrogens with two attached hydrogens (primary N) is 1. The van der Waals surface area contributed by atoms with Crippen LogP contribution in [0.15, 0.2) is 18.2 Å². The van der Waals surface area contributed by atoms with Crippen LogP contribution in [0.25, 0.3) is 0 Å². The van der Waals surface area contributed by atoms with Gasteiger partial charge in [-0.2, -0.15) is 0 Å². The van der Waals surface area contributed by atoms with E-state index >= 15 is 0 Å². The number of hydrogen-bond donors (Lipinski definition) is 1. The molecule has 0 heterocycles. The molecule has 1 atom stereocenters. The van der Waals surface area contributed by atoms with Crippen LogP contribution in [0.5, 0.6) is 5.75 Å². The average Bonchev–Trinajstić information content (AvgIpc) is 2.32. The highest BCUT2D eigenvalue weighted by Gasteiger charge is 2.22. The lowest BCUT2D eigenvalue weighted by molar-refractivity contribution is 0.321. The maximum atomic E-state index is 6.10. The molecule has 1 fully saturated rings. The highest BCUT2D eigenvalue weighted by Crippen LogP contribution is 2.35. The summed E-state index contributed by atoms with van der Waals surface area (Å²) in [4.78, 5) is 2.32. The minimum Gasteiger partial charge on any atom is -0.496 e. The van der Waals surface area contributed by atoms with E-state index in [1.54, 1.807) is 7.11 Å². The zero-order valence-corrected chi connectivity index (χ0v) is 11.6. The van der Waals surface area contributed by atoms with Crippen molar-refractivity contribution >= 4 is 5.69 Å². The number of anilines is 1. The van der Waals surface area contributed by atoms with Gasteiger partial charge in [-0.3, -0.25) is 0 Å². The van der Waals surface area contributed by atoms with Crippen molar-refractivity contribution in [1.29, 1.82) is 0 Å². The first-order valence-electron chi connectivity index (χ1n) is 6.77. The van der Waals surface area contributed by atoms with Crippen molar-refractivity contribution in [2.75, 3.05) is 25.6 Å². The standard InChI is InChI=1S/C15H24N2O/c1-11(16)15-13(8-5-9-14(15)18-3)17(2)10-12-6-4-7-12/h5,8-9,11-12H,4,6-7,10,16H2,1-3H3/t11-/m1/s1. The SMILES string of the molecule is COc1cccc(N(C)CC2CCC2)c1[C@@H](C)N. The summed E-state index contributed by atoms with van der Waals surface area (Å²) in [5.74, 6) is 1.74. The number of ether oxygens (including phenoxy) is 1. The maximum absolute atomic E-state index is 6.10. The van der Waals surface area contributed by atoms with Gasteiger partial charge in [-0.15, -0.1) is 0 Å². The first-order chi connectivity index (χ1) is 8.63. The quantitative estimate of drug-likeness (QED) is 0.870. The Hall–Kier alpha value is -1.22. The van der Waals surface area contributed by atoms with E-state index in [9.17, 15) is 0 Å². The molecule has 18 heavy (non-hydrogen) atoms. The summed E-state index contributed by atoms with van der Waals surface area (Å²) in [6.45, 7) is 3.13. The molecule has 0 aromatic heterocycles. The smallest absolute Gasteiger partial charge is 0.125 e. The average molecular weight is 248 g/mol. The van der Waals surface area contributed by atoms with E-state index in [1.165, 1.54) is 24.9 Å². The molecule has 2 N–H and O–H groups in total. The highest BCUT2D eigenvalue weighted by molar-refractivity contribution is 5.60. The Bertz CT molecular complexity index is 399. The van der Waals surface area contributed by atoms with Crippen LogP contribution in [0, 0.1) is 5.92 Å². The van der Waals surface area contributed by atoms with E-state index in [4.69, 9.17) is 10.5 Å². The van der Waals surface area contributed by atoms with Crippen LogP contribution in [0.4, 0.5) is 5.69 Å². The van der Waals surface area contributed by atoms with Gasteiger partial charge in [0.15, 0.2) is 0 Å². The second kappa shape index (κ2) is 5.61. The molecule has 1 aliphatic rings. The van der Waals surface area contributed by atoms with Gasteiger partial charge in [0.05, 0.1) is 7.11 Å². The number of benzene rings is 1. The summed E-state index contributed by atoms with van der Waals surface area (Å²) in [6, 6.07) is 6.15. The van der Waals surface area contributed by atoms with Crippen molar-refractivity contribution < 1.29 is 4.74 Å². The van der Waals surface area contributed by atoms with Crippen molar-refractivity contribution in [3.63, 3.8) is 0 Å². The van der Waals surface area contributed by atoms with E-state index in [1.807, 2.05) is 19.1 Å². The molecule has 0 aliphatic heterocycles. The fourth-order valence-electron chi connectivity index (χ4n) is 2.66. The van der Waals surface area contributed by atoms with E-state index < -0.39 is 0 Å². The third kappa shape index (κ3) is 2.61. The molecule has 1 saturated carbocycles. The molecule has 0 unspecified atom stereocenters. The summed E-state index contributed by atoms with van der Waals surface area (Å²) in [5, 5.41) is 0. The molecule has 0 spiro atoms. The van der Waals surface area contributed by atoms with Crippen LogP contribution >= 0.6 is 0 Å². The first-order valence-corrected chi connectivity index (χ1v) is 6.77. The lowest BCUT2D eigenvalue weighted by Crippen LogP contribution is -2.30. The van der Waals surface area contributed by atoms with Crippen molar-refractivity contribution in [3.8, 4) is 5.75 Å². The molecule has 0 saturated heterocycles. The van der Waals surface area contributed by atoms with E-state index in [0.29, 0.717) is 0 Å². The van der Waals surface area contributed by atoms with E-state index in [0.717, 1.165) is 23.8 Å². The number of hydrogen-bond acceptors (Lipinski definition) is 3. The third-order valence-electron chi connectivity index (χ3n) is 3.89. The largest absolute Gasteiger partial charge is 0.496 e. The molecule has 1 aromatic carbocycles. The Labute approximate surface area is 110 Å². The topological polar surface area (TPSA) is 38.5 Å². The van der Waals surface area contributed by atoms with Crippen molar-refractivity contribution in [1.82, 2.24) is 0 Å². The van der Waals surface area contributed by atoms with Crippen molar-refractivity contribution in [2.24, 2.45) is 11.7 Å². The zero-order chi connectivity index (χ0) is 13.1. The van der Waals surface area contributed by atoms with E-state index in [-0.39, 0.29) is 6.04 Å². The molecule has 0 amide bonds. The van der Waals surface area contributed by atoms with Crippen molar-refractivity contribution in [2.45, 2.75) is 32.2 Å². The second-order valence-corrected chi connectivity index (χ2v) is 5.36. The minimum absolute atomic E-state index is 0.0139. The van der Waals surface area contributed by atoms with E-state index in [2.05, 4.69) is 18.0 Å². The Morgan fingerprint density at radius 2 is 2.17 bits per heavy atom. The molecule has 0 bridgehead atoms. The van der Waals surface area contributed by atoms with Gasteiger partial charge in [0.1, 0.15) is 5.75 Å². The monoisotopic (exact) mass is 248 g/mol. The molecule has 3 nitrogen and oxygen atoms in total. The van der Waals surface area contributed by atoms with Crippen LogP contribution in [-0.4, -0.2) is 20.7 Å². The highest BCUT2D eigenvalue weighted by atomic mass is 16.5. The fourth-order valence-corrected chi connectivity index (χ4v) is 2.66. The van der Waals surface area contributed by atoms with Crippen LogP contribution in [0.1, 0.15) is 37.8 Å². The molecule has 2 rings (SSSR count). The van der Waals surface area contributed by atoms with Gasteiger partial charge in [-0.1, -0.05) is 12.5 Å². The molecule has 1 aromatic rings. The fraction of sp³-hybridized carbons (Fsp3) is 0.600. The summed E-state index contributed by atoms with van der Waals surface area (Å²) >= 11 is 0. The minimum atomic E-state index is -0.0139. The molecular weight excluding hydrogens is 224 g/mol. The Balaban J connectivity index is 2.24. The Morgan fingerprint density at radius 3 is 2.67 bits per heavy atom. The summed E-state index contributed by atoms with van der Waals surface area (Å²) < 4.78 is 5.44. The van der Waals surface area contributed by atoms with Crippen LogP contribution in [-0.2, 0) is 0 Å². The molecule has 0 radical (unpaired) electrons. The molecule has 1 aliphatic carbocycles. The summed E-state index contributed by atoms with van der Waals surface area (Å²) in [6.07, 6.45) is 4.11.